The minimum atomic E-state index is -1.06. The number of carboxylic acid groups (broad SMARTS) is 1. The van der Waals surface area contributed by atoms with Crippen molar-refractivity contribution in [1.82, 2.24) is 0 Å². The highest BCUT2D eigenvalue weighted by Crippen LogP contribution is 1.93. The van der Waals surface area contributed by atoms with Crippen LogP contribution in [0.4, 0.5) is 0 Å². The van der Waals surface area contributed by atoms with Crippen LogP contribution in [0.5, 0.6) is 0 Å². The summed E-state index contributed by atoms with van der Waals surface area (Å²) >= 11 is 5.08. The van der Waals surface area contributed by atoms with Crippen LogP contribution in [-0.2, 0) is 4.79 Å². The highest BCUT2D eigenvalue weighted by atomic mass is 35.5. The summed E-state index contributed by atoms with van der Waals surface area (Å²) in [5.41, 5.74) is 0. The normalized spacial score (nSPS) is 11.1. The lowest BCUT2D eigenvalue weighted by molar-refractivity contribution is -0.135. The van der Waals surface area contributed by atoms with E-state index in [1.54, 1.807) is 0 Å². The third-order valence-electron chi connectivity index (χ3n) is 0.443. The Balaban J connectivity index is 0. The number of hydrogen-bond acceptors (Lipinski definition) is 1. The van der Waals surface area contributed by atoms with E-state index in [2.05, 4.69) is 6.58 Å². The van der Waals surface area contributed by atoms with Gasteiger partial charge in [-0.1, -0.05) is 6.08 Å². The van der Waals surface area contributed by atoms with Crippen molar-refractivity contribution in [2.45, 2.75) is 5.38 Å². The Morgan fingerprint density at radius 3 is 2.25 bits per heavy atom. The summed E-state index contributed by atoms with van der Waals surface area (Å²) in [4.78, 5) is 9.73. The number of hydrogen-bond donors (Lipinski definition) is 1. The van der Waals surface area contributed by atoms with E-state index in [-0.39, 0.29) is 12.4 Å². The van der Waals surface area contributed by atoms with Crippen LogP contribution in [0.25, 0.3) is 0 Å². The Morgan fingerprint density at radius 2 is 2.25 bits per heavy atom. The first-order valence-corrected chi connectivity index (χ1v) is 2.11. The smallest absolute Gasteiger partial charge is 0.325 e. The quantitative estimate of drug-likeness (QED) is 0.484. The second kappa shape index (κ2) is 4.94. The van der Waals surface area contributed by atoms with Crippen molar-refractivity contribution >= 4 is 30.0 Å². The highest BCUT2D eigenvalue weighted by Gasteiger charge is 2.05. The van der Waals surface area contributed by atoms with Gasteiger partial charge in [-0.25, -0.2) is 0 Å². The van der Waals surface area contributed by atoms with Gasteiger partial charge in [-0.05, 0) is 0 Å². The Hall–Kier alpha value is -0.210. The highest BCUT2D eigenvalue weighted by molar-refractivity contribution is 6.30. The summed E-state index contributed by atoms with van der Waals surface area (Å²) in [6, 6.07) is 0. The van der Waals surface area contributed by atoms with Gasteiger partial charge in [-0.2, -0.15) is 0 Å². The van der Waals surface area contributed by atoms with Crippen LogP contribution in [0.3, 0.4) is 0 Å². The van der Waals surface area contributed by atoms with Crippen LogP contribution in [0.15, 0.2) is 12.7 Å². The summed E-state index contributed by atoms with van der Waals surface area (Å²) in [7, 11) is 0. The van der Waals surface area contributed by atoms with Gasteiger partial charge in [0.1, 0.15) is 5.38 Å². The molecule has 0 saturated heterocycles. The number of carboxylic acids is 1. The van der Waals surface area contributed by atoms with E-state index in [0.29, 0.717) is 0 Å². The fraction of sp³-hybridized carbons (Fsp3) is 0.250. The Kier molecular flexibility index (Phi) is 6.61. The molecule has 0 aromatic rings. The third kappa shape index (κ3) is 3.96. The van der Waals surface area contributed by atoms with Gasteiger partial charge in [0.2, 0.25) is 0 Å². The Labute approximate surface area is 58.6 Å². The minimum absolute atomic E-state index is 0. The Morgan fingerprint density at radius 1 is 1.88 bits per heavy atom. The summed E-state index contributed by atoms with van der Waals surface area (Å²) in [5.74, 6) is -1.06. The second-order valence-corrected chi connectivity index (χ2v) is 1.45. The van der Waals surface area contributed by atoms with E-state index in [9.17, 15) is 4.79 Å². The summed E-state index contributed by atoms with van der Waals surface area (Å²) in [5, 5.41) is 7.03. The van der Waals surface area contributed by atoms with E-state index in [4.69, 9.17) is 16.7 Å². The van der Waals surface area contributed by atoms with Crippen molar-refractivity contribution in [2.75, 3.05) is 0 Å². The molecule has 0 fully saturated rings. The standard InChI is InChI=1S/C4H5ClO2.ClH/c1-2-3(5)4(6)7;/h2-3H,1H2,(H,6,7);1H. The number of carbonyl (C=O) groups is 1. The molecule has 0 aliphatic rings. The lowest BCUT2D eigenvalue weighted by Gasteiger charge is -1.89. The van der Waals surface area contributed by atoms with Crippen molar-refractivity contribution < 1.29 is 9.90 Å². The molecule has 4 heteroatoms. The monoisotopic (exact) mass is 156 g/mol. The summed E-state index contributed by atoms with van der Waals surface area (Å²) < 4.78 is 0. The molecular formula is C4H6Cl2O2. The maximum absolute atomic E-state index is 9.73. The maximum Gasteiger partial charge on any atom is 0.325 e. The lowest BCUT2D eigenvalue weighted by Crippen LogP contribution is -2.08. The molecule has 0 saturated carbocycles. The average Bonchev–Trinajstić information content (AvgIpc) is 1.65. The van der Waals surface area contributed by atoms with E-state index in [1.165, 1.54) is 0 Å². The molecule has 1 atom stereocenters. The van der Waals surface area contributed by atoms with Crippen LogP contribution in [0, 0.1) is 0 Å². The molecule has 48 valence electrons. The SMILES string of the molecule is C=CC(Cl)C(=O)O.Cl. The molecule has 1 unspecified atom stereocenters. The second-order valence-electron chi connectivity index (χ2n) is 0.976. The molecule has 0 aromatic carbocycles. The van der Waals surface area contributed by atoms with Crippen LogP contribution in [0.1, 0.15) is 0 Å². The number of alkyl halides is 1. The zero-order chi connectivity index (χ0) is 5.86. The molecule has 0 aliphatic carbocycles. The maximum atomic E-state index is 9.73. The van der Waals surface area contributed by atoms with Crippen LogP contribution in [-0.4, -0.2) is 16.5 Å². The molecule has 0 aromatic heterocycles. The van der Waals surface area contributed by atoms with Crippen molar-refractivity contribution in [3.05, 3.63) is 12.7 Å². The summed E-state index contributed by atoms with van der Waals surface area (Å²) in [6.45, 7) is 3.17. The first kappa shape index (κ1) is 10.7. The van der Waals surface area contributed by atoms with E-state index in [0.717, 1.165) is 6.08 Å². The molecule has 0 radical (unpaired) electrons. The van der Waals surface area contributed by atoms with Gasteiger partial charge < -0.3 is 5.11 Å². The first-order chi connectivity index (χ1) is 3.18. The molecule has 0 spiro atoms. The molecule has 0 bridgehead atoms. The topological polar surface area (TPSA) is 37.3 Å². The molecule has 8 heavy (non-hydrogen) atoms. The number of aliphatic carboxylic acids is 1. The molecule has 0 rings (SSSR count). The van der Waals surface area contributed by atoms with Crippen molar-refractivity contribution in [3.63, 3.8) is 0 Å². The third-order valence-corrected chi connectivity index (χ3v) is 0.808. The van der Waals surface area contributed by atoms with Gasteiger partial charge in [0, 0.05) is 0 Å². The largest absolute Gasteiger partial charge is 0.480 e. The van der Waals surface area contributed by atoms with Gasteiger partial charge >= 0.3 is 5.97 Å². The first-order valence-electron chi connectivity index (χ1n) is 1.68. The summed E-state index contributed by atoms with van der Waals surface area (Å²) in [6.07, 6.45) is 1.16. The predicted molar refractivity (Wildman–Crippen MR) is 34.7 cm³/mol. The lowest BCUT2D eigenvalue weighted by atomic mass is 10.4. The van der Waals surface area contributed by atoms with E-state index < -0.39 is 11.3 Å². The minimum Gasteiger partial charge on any atom is -0.480 e. The van der Waals surface area contributed by atoms with Gasteiger partial charge in [-0.3, -0.25) is 4.79 Å². The molecular weight excluding hydrogens is 151 g/mol. The van der Waals surface area contributed by atoms with Gasteiger partial charge in [0.15, 0.2) is 0 Å². The van der Waals surface area contributed by atoms with Crippen LogP contribution in [0.2, 0.25) is 0 Å². The fourth-order valence-electron chi connectivity index (χ4n) is 0.101. The average molecular weight is 157 g/mol. The Bertz CT molecular complexity index is 92.0. The molecule has 2 nitrogen and oxygen atoms in total. The van der Waals surface area contributed by atoms with E-state index in [1.807, 2.05) is 0 Å². The van der Waals surface area contributed by atoms with Gasteiger partial charge in [0.25, 0.3) is 0 Å². The van der Waals surface area contributed by atoms with Gasteiger partial charge in [-0.15, -0.1) is 30.6 Å². The molecule has 0 aliphatic heterocycles. The van der Waals surface area contributed by atoms with Gasteiger partial charge in [0.05, 0.1) is 0 Å². The van der Waals surface area contributed by atoms with Crippen molar-refractivity contribution in [3.8, 4) is 0 Å². The number of rotatable bonds is 2. The van der Waals surface area contributed by atoms with E-state index >= 15 is 0 Å². The van der Waals surface area contributed by atoms with Crippen LogP contribution >= 0.6 is 24.0 Å². The molecule has 0 heterocycles. The molecule has 1 N–H and O–H groups in total. The van der Waals surface area contributed by atoms with Crippen molar-refractivity contribution in [1.29, 1.82) is 0 Å². The van der Waals surface area contributed by atoms with Crippen molar-refractivity contribution in [2.24, 2.45) is 0 Å². The predicted octanol–water partition coefficient (Wildman–Crippen LogP) is 1.29. The fourth-order valence-corrected chi connectivity index (χ4v) is 0.101. The zero-order valence-corrected chi connectivity index (χ0v) is 5.58. The number of halogens is 2. The zero-order valence-electron chi connectivity index (χ0n) is 4.00. The molecule has 0 amide bonds. The van der Waals surface area contributed by atoms with Crippen LogP contribution < -0.4 is 0 Å².